The lowest BCUT2D eigenvalue weighted by Gasteiger charge is -2.20. The van der Waals surface area contributed by atoms with Crippen LogP contribution in [0.1, 0.15) is 34.8 Å². The Labute approximate surface area is 160 Å². The van der Waals surface area contributed by atoms with Gasteiger partial charge in [0, 0.05) is 24.4 Å². The molecule has 2 amide bonds. The maximum Gasteiger partial charge on any atom is 0.237 e. The molecule has 0 radical (unpaired) electrons. The van der Waals surface area contributed by atoms with Crippen molar-refractivity contribution in [3.05, 3.63) is 51.2 Å². The third kappa shape index (κ3) is 3.14. The number of halogens is 2. The van der Waals surface area contributed by atoms with Crippen molar-refractivity contribution in [1.82, 2.24) is 4.90 Å². The molecule has 1 aromatic carbocycles. The Morgan fingerprint density at radius 2 is 2.04 bits per heavy atom. The van der Waals surface area contributed by atoms with Crippen LogP contribution in [-0.4, -0.2) is 30.3 Å². The summed E-state index contributed by atoms with van der Waals surface area (Å²) in [5.74, 6) is -4.23. The van der Waals surface area contributed by atoms with Crippen LogP contribution in [0.5, 0.6) is 0 Å². The highest BCUT2D eigenvalue weighted by molar-refractivity contribution is 7.10. The maximum absolute atomic E-state index is 13.9. The number of nitrogens with one attached hydrogen (secondary N) is 1. The van der Waals surface area contributed by atoms with Gasteiger partial charge in [0.25, 0.3) is 0 Å². The minimum atomic E-state index is -1.12. The number of likely N-dealkylation sites (N-methyl/N-ethyl adjacent to an activating group) is 1. The zero-order valence-corrected chi connectivity index (χ0v) is 15.7. The summed E-state index contributed by atoms with van der Waals surface area (Å²) in [4.78, 5) is 28.4. The van der Waals surface area contributed by atoms with E-state index in [9.17, 15) is 18.4 Å². The number of aryl methyl sites for hydroxylation is 1. The predicted octanol–water partition coefficient (Wildman–Crippen LogP) is 3.72. The second-order valence-electron chi connectivity index (χ2n) is 7.19. The highest BCUT2D eigenvalue weighted by Gasteiger charge is 2.45. The lowest BCUT2D eigenvalue weighted by Crippen LogP contribution is -2.33. The van der Waals surface area contributed by atoms with Crippen LogP contribution in [0.15, 0.2) is 23.6 Å². The summed E-state index contributed by atoms with van der Waals surface area (Å²) in [6.45, 7) is 0.450. The molecular formula is C20H20F2N2O2S. The average Bonchev–Trinajstić information content (AvgIpc) is 3.20. The van der Waals surface area contributed by atoms with E-state index in [1.807, 2.05) is 0 Å². The Kier molecular flexibility index (Phi) is 4.72. The number of likely N-dealkylation sites (tertiary alicyclic amines) is 1. The van der Waals surface area contributed by atoms with Crippen LogP contribution in [0, 0.1) is 17.6 Å². The molecule has 1 aliphatic heterocycles. The second-order valence-corrected chi connectivity index (χ2v) is 8.16. The number of fused-ring (bicyclic) bond motifs is 1. The van der Waals surface area contributed by atoms with E-state index in [1.165, 1.54) is 29.0 Å². The van der Waals surface area contributed by atoms with Crippen molar-refractivity contribution >= 4 is 28.8 Å². The summed E-state index contributed by atoms with van der Waals surface area (Å²) in [5.41, 5.74) is 2.09. The fourth-order valence-corrected chi connectivity index (χ4v) is 5.32. The number of benzene rings is 1. The summed E-state index contributed by atoms with van der Waals surface area (Å²) < 4.78 is 27.4. The van der Waals surface area contributed by atoms with Crippen molar-refractivity contribution in [1.29, 1.82) is 0 Å². The summed E-state index contributed by atoms with van der Waals surface area (Å²) in [6, 6.07) is 3.60. The van der Waals surface area contributed by atoms with E-state index in [-0.39, 0.29) is 17.5 Å². The molecule has 0 spiro atoms. The summed E-state index contributed by atoms with van der Waals surface area (Å²) in [5, 5.41) is 4.48. The van der Waals surface area contributed by atoms with Crippen molar-refractivity contribution in [2.45, 2.75) is 31.6 Å². The molecule has 0 bridgehead atoms. The summed E-state index contributed by atoms with van der Waals surface area (Å²) >= 11 is 1.69. The number of hydrogen-bond acceptors (Lipinski definition) is 3. The monoisotopic (exact) mass is 390 g/mol. The van der Waals surface area contributed by atoms with E-state index in [1.54, 1.807) is 23.3 Å². The Morgan fingerprint density at radius 1 is 1.26 bits per heavy atom. The molecule has 142 valence electrons. The molecule has 2 heterocycles. The van der Waals surface area contributed by atoms with Gasteiger partial charge < -0.3 is 10.2 Å². The number of carbonyl (C=O) groups is 2. The van der Waals surface area contributed by atoms with E-state index >= 15 is 0 Å². The van der Waals surface area contributed by atoms with Gasteiger partial charge in [0.2, 0.25) is 11.8 Å². The number of hydrogen-bond donors (Lipinski definition) is 1. The van der Waals surface area contributed by atoms with Crippen LogP contribution in [0.3, 0.4) is 0 Å². The van der Waals surface area contributed by atoms with Crippen LogP contribution >= 0.6 is 11.3 Å². The third-order valence-corrected chi connectivity index (χ3v) is 6.61. The molecule has 0 saturated carbocycles. The number of nitrogens with zero attached hydrogens (tertiary/aromatic N) is 1. The van der Waals surface area contributed by atoms with Crippen molar-refractivity contribution in [3.63, 3.8) is 0 Å². The van der Waals surface area contributed by atoms with E-state index < -0.39 is 23.5 Å². The van der Waals surface area contributed by atoms with E-state index in [4.69, 9.17) is 0 Å². The predicted molar refractivity (Wildman–Crippen MR) is 99.8 cm³/mol. The number of anilines is 1. The summed E-state index contributed by atoms with van der Waals surface area (Å²) in [6.07, 6.45) is 4.29. The molecule has 4 rings (SSSR count). The van der Waals surface area contributed by atoms with Gasteiger partial charge in [0.15, 0.2) is 11.6 Å². The van der Waals surface area contributed by atoms with Crippen molar-refractivity contribution < 1.29 is 18.4 Å². The highest BCUT2D eigenvalue weighted by Crippen LogP contribution is 2.41. The fourth-order valence-electron chi connectivity index (χ4n) is 4.11. The minimum absolute atomic E-state index is 0.242. The van der Waals surface area contributed by atoms with Gasteiger partial charge in [0.1, 0.15) is 5.92 Å². The fraction of sp³-hybridized carbons (Fsp3) is 0.400. The molecule has 1 aromatic heterocycles. The van der Waals surface area contributed by atoms with Crippen LogP contribution < -0.4 is 5.32 Å². The standard InChI is InChI=1S/C20H20F2N2O2S/c1-24-9-12(13-10-27-16-8-3-2-5-11(13)16)17(20(24)26)19(25)23-15-7-4-6-14(21)18(15)22/h4,6-7,10,12,17H,2-3,5,8-9H2,1H3,(H,23,25)/t12-,17+/m1/s1. The van der Waals surface area contributed by atoms with E-state index in [0.717, 1.165) is 30.9 Å². The van der Waals surface area contributed by atoms with Gasteiger partial charge >= 0.3 is 0 Å². The van der Waals surface area contributed by atoms with E-state index in [0.29, 0.717) is 6.54 Å². The molecule has 27 heavy (non-hydrogen) atoms. The molecule has 1 fully saturated rings. The first kappa shape index (κ1) is 18.1. The molecule has 7 heteroatoms. The Bertz CT molecular complexity index is 911. The normalized spacial score (nSPS) is 22.0. The number of thiophene rings is 1. The van der Waals surface area contributed by atoms with Gasteiger partial charge in [-0.2, -0.15) is 0 Å². The molecule has 4 nitrogen and oxygen atoms in total. The van der Waals surface area contributed by atoms with Gasteiger partial charge in [-0.3, -0.25) is 9.59 Å². The van der Waals surface area contributed by atoms with E-state index in [2.05, 4.69) is 10.7 Å². The van der Waals surface area contributed by atoms with Crippen LogP contribution in [0.4, 0.5) is 14.5 Å². The molecule has 2 aliphatic rings. The number of carbonyl (C=O) groups excluding carboxylic acids is 2. The van der Waals surface area contributed by atoms with Crippen LogP contribution in [0.25, 0.3) is 0 Å². The Morgan fingerprint density at radius 3 is 2.85 bits per heavy atom. The first-order valence-corrected chi connectivity index (χ1v) is 9.94. The first-order chi connectivity index (χ1) is 13.0. The van der Waals surface area contributed by atoms with Gasteiger partial charge in [-0.15, -0.1) is 11.3 Å². The molecule has 1 saturated heterocycles. The van der Waals surface area contributed by atoms with Gasteiger partial charge in [-0.25, -0.2) is 8.78 Å². The van der Waals surface area contributed by atoms with Crippen molar-refractivity contribution in [2.75, 3.05) is 18.9 Å². The van der Waals surface area contributed by atoms with Crippen LogP contribution in [0.2, 0.25) is 0 Å². The quantitative estimate of drug-likeness (QED) is 0.812. The zero-order chi connectivity index (χ0) is 19.1. The average molecular weight is 390 g/mol. The maximum atomic E-state index is 13.9. The first-order valence-electron chi connectivity index (χ1n) is 9.06. The van der Waals surface area contributed by atoms with Gasteiger partial charge in [-0.05, 0) is 54.3 Å². The molecule has 0 unspecified atom stereocenters. The highest BCUT2D eigenvalue weighted by atomic mass is 32.1. The van der Waals surface area contributed by atoms with Crippen molar-refractivity contribution in [2.24, 2.45) is 5.92 Å². The summed E-state index contributed by atoms with van der Waals surface area (Å²) in [7, 11) is 1.67. The third-order valence-electron chi connectivity index (χ3n) is 5.50. The molecule has 1 N–H and O–H groups in total. The SMILES string of the molecule is CN1C[C@H](c2csc3c2CCCC3)[C@@H](C(=O)Nc2cccc(F)c2F)C1=O. The topological polar surface area (TPSA) is 49.4 Å². The molecule has 2 aromatic rings. The van der Waals surface area contributed by atoms with Crippen LogP contribution in [-0.2, 0) is 22.4 Å². The van der Waals surface area contributed by atoms with Gasteiger partial charge in [-0.1, -0.05) is 6.07 Å². The van der Waals surface area contributed by atoms with Gasteiger partial charge in [0.05, 0.1) is 5.69 Å². The Balaban J connectivity index is 1.64. The second kappa shape index (κ2) is 7.03. The molecule has 2 atom stereocenters. The zero-order valence-electron chi connectivity index (χ0n) is 14.9. The van der Waals surface area contributed by atoms with Crippen molar-refractivity contribution in [3.8, 4) is 0 Å². The lowest BCUT2D eigenvalue weighted by atomic mass is 9.84. The lowest BCUT2D eigenvalue weighted by molar-refractivity contribution is -0.135. The largest absolute Gasteiger partial charge is 0.344 e. The number of amides is 2. The molecular weight excluding hydrogens is 370 g/mol. The minimum Gasteiger partial charge on any atom is -0.344 e. The molecule has 1 aliphatic carbocycles. The number of rotatable bonds is 3. The Hall–Kier alpha value is -2.28. The smallest absolute Gasteiger partial charge is 0.237 e.